The number of imidazole rings is 1. The summed E-state index contributed by atoms with van der Waals surface area (Å²) < 4.78 is 2.06. The molecule has 0 radical (unpaired) electrons. The number of aryl methyl sites for hydroxylation is 1. The van der Waals surface area contributed by atoms with Crippen molar-refractivity contribution in [2.75, 3.05) is 7.05 Å². The standard InChI is InChI=1S/C16H19N3O2/c1-18(9-12-3-2-4-15(20)7-12)16(21)13-5-6-14-8-17-11-19(14)10-13/h2-4,7-8,11,13,20H,5-6,9-10H2,1H3. The lowest BCUT2D eigenvalue weighted by atomic mass is 9.96. The van der Waals surface area contributed by atoms with Crippen LogP contribution in [0, 0.1) is 5.92 Å². The Kier molecular flexibility index (Phi) is 3.64. The van der Waals surface area contributed by atoms with Crippen molar-refractivity contribution in [3.8, 4) is 5.75 Å². The summed E-state index contributed by atoms with van der Waals surface area (Å²) in [5.41, 5.74) is 2.14. The molecular weight excluding hydrogens is 266 g/mol. The molecule has 0 saturated heterocycles. The first-order valence-corrected chi connectivity index (χ1v) is 7.15. The molecule has 1 N–H and O–H groups in total. The van der Waals surface area contributed by atoms with Crippen molar-refractivity contribution in [2.24, 2.45) is 5.92 Å². The molecule has 1 aromatic heterocycles. The van der Waals surface area contributed by atoms with Crippen LogP contribution >= 0.6 is 0 Å². The number of nitrogens with zero attached hydrogens (tertiary/aromatic N) is 3. The van der Waals surface area contributed by atoms with Crippen LogP contribution in [0.15, 0.2) is 36.8 Å². The van der Waals surface area contributed by atoms with E-state index in [4.69, 9.17) is 0 Å². The molecule has 3 rings (SSSR count). The Morgan fingerprint density at radius 1 is 1.52 bits per heavy atom. The lowest BCUT2D eigenvalue weighted by Crippen LogP contribution is -2.36. The molecular formula is C16H19N3O2. The molecule has 1 aliphatic rings. The lowest BCUT2D eigenvalue weighted by Gasteiger charge is -2.27. The van der Waals surface area contributed by atoms with Gasteiger partial charge >= 0.3 is 0 Å². The fourth-order valence-electron chi connectivity index (χ4n) is 2.89. The number of phenolic OH excluding ortho intramolecular Hbond substituents is 1. The molecule has 1 unspecified atom stereocenters. The van der Waals surface area contributed by atoms with E-state index in [2.05, 4.69) is 9.55 Å². The summed E-state index contributed by atoms with van der Waals surface area (Å²) in [4.78, 5) is 18.4. The molecule has 110 valence electrons. The Hall–Kier alpha value is -2.30. The number of rotatable bonds is 3. The van der Waals surface area contributed by atoms with Gasteiger partial charge in [-0.25, -0.2) is 4.98 Å². The maximum atomic E-state index is 12.5. The van der Waals surface area contributed by atoms with Crippen LogP contribution in [0.3, 0.4) is 0 Å². The van der Waals surface area contributed by atoms with Crippen LogP contribution in [0.5, 0.6) is 5.75 Å². The van der Waals surface area contributed by atoms with Crippen molar-refractivity contribution in [3.05, 3.63) is 48.0 Å². The smallest absolute Gasteiger partial charge is 0.227 e. The van der Waals surface area contributed by atoms with Crippen LogP contribution in [-0.2, 0) is 24.3 Å². The van der Waals surface area contributed by atoms with Gasteiger partial charge < -0.3 is 14.6 Å². The minimum absolute atomic E-state index is 0.00834. The van der Waals surface area contributed by atoms with Gasteiger partial charge in [0.1, 0.15) is 5.75 Å². The average Bonchev–Trinajstić information content (AvgIpc) is 2.93. The largest absolute Gasteiger partial charge is 0.508 e. The van der Waals surface area contributed by atoms with E-state index in [1.165, 1.54) is 5.69 Å². The Bertz CT molecular complexity index is 650. The zero-order valence-electron chi connectivity index (χ0n) is 12.1. The molecule has 5 heteroatoms. The zero-order valence-corrected chi connectivity index (χ0v) is 12.1. The predicted octanol–water partition coefficient (Wildman–Crippen LogP) is 1.81. The third-order valence-corrected chi connectivity index (χ3v) is 4.02. The monoisotopic (exact) mass is 285 g/mol. The van der Waals surface area contributed by atoms with Crippen molar-refractivity contribution in [1.29, 1.82) is 0 Å². The van der Waals surface area contributed by atoms with Gasteiger partial charge in [0, 0.05) is 32.0 Å². The van der Waals surface area contributed by atoms with Crippen LogP contribution in [0.1, 0.15) is 17.7 Å². The highest BCUT2D eigenvalue weighted by Gasteiger charge is 2.26. The summed E-state index contributed by atoms with van der Waals surface area (Å²) in [6.45, 7) is 1.22. The van der Waals surface area contributed by atoms with Crippen LogP contribution < -0.4 is 0 Å². The molecule has 0 spiro atoms. The molecule has 0 bridgehead atoms. The van der Waals surface area contributed by atoms with E-state index in [-0.39, 0.29) is 17.6 Å². The molecule has 0 aliphatic carbocycles. The van der Waals surface area contributed by atoms with Crippen LogP contribution in [0.25, 0.3) is 0 Å². The van der Waals surface area contributed by atoms with E-state index >= 15 is 0 Å². The van der Waals surface area contributed by atoms with E-state index < -0.39 is 0 Å². The third kappa shape index (κ3) is 2.91. The van der Waals surface area contributed by atoms with Gasteiger partial charge in [-0.3, -0.25) is 4.79 Å². The fraction of sp³-hybridized carbons (Fsp3) is 0.375. The molecule has 2 heterocycles. The summed E-state index contributed by atoms with van der Waals surface area (Å²) in [6.07, 6.45) is 5.44. The lowest BCUT2D eigenvalue weighted by molar-refractivity contribution is -0.135. The number of amides is 1. The number of aromatic nitrogens is 2. The van der Waals surface area contributed by atoms with Gasteiger partial charge in [-0.15, -0.1) is 0 Å². The van der Waals surface area contributed by atoms with E-state index in [0.29, 0.717) is 13.1 Å². The molecule has 1 atom stereocenters. The number of benzene rings is 1. The quantitative estimate of drug-likeness (QED) is 0.935. The molecule has 1 aromatic carbocycles. The van der Waals surface area contributed by atoms with Gasteiger partial charge in [0.2, 0.25) is 5.91 Å². The summed E-state index contributed by atoms with van der Waals surface area (Å²) in [5, 5.41) is 9.49. The molecule has 0 fully saturated rings. The summed E-state index contributed by atoms with van der Waals surface area (Å²) in [7, 11) is 1.82. The fourth-order valence-corrected chi connectivity index (χ4v) is 2.89. The summed E-state index contributed by atoms with van der Waals surface area (Å²) >= 11 is 0. The van der Waals surface area contributed by atoms with Gasteiger partial charge in [-0.05, 0) is 30.5 Å². The number of hydrogen-bond acceptors (Lipinski definition) is 3. The van der Waals surface area contributed by atoms with E-state index in [1.54, 1.807) is 29.4 Å². The Morgan fingerprint density at radius 2 is 2.38 bits per heavy atom. The summed E-state index contributed by atoms with van der Waals surface area (Å²) in [5.74, 6) is 0.390. The van der Waals surface area contributed by atoms with Crippen LogP contribution in [-0.4, -0.2) is 32.5 Å². The van der Waals surface area contributed by atoms with Crippen molar-refractivity contribution >= 4 is 5.91 Å². The minimum atomic E-state index is 0.00834. The predicted molar refractivity (Wildman–Crippen MR) is 78.6 cm³/mol. The van der Waals surface area contributed by atoms with Crippen LogP contribution in [0.4, 0.5) is 0 Å². The second kappa shape index (κ2) is 5.60. The molecule has 1 amide bonds. The highest BCUT2D eigenvalue weighted by molar-refractivity contribution is 5.78. The number of fused-ring (bicyclic) bond motifs is 1. The first-order valence-electron chi connectivity index (χ1n) is 7.15. The van der Waals surface area contributed by atoms with Crippen molar-refractivity contribution in [3.63, 3.8) is 0 Å². The van der Waals surface area contributed by atoms with Crippen LogP contribution in [0.2, 0.25) is 0 Å². The highest BCUT2D eigenvalue weighted by Crippen LogP contribution is 2.22. The number of aromatic hydroxyl groups is 1. The third-order valence-electron chi connectivity index (χ3n) is 4.02. The van der Waals surface area contributed by atoms with Crippen molar-refractivity contribution < 1.29 is 9.90 Å². The summed E-state index contributed by atoms with van der Waals surface area (Å²) in [6, 6.07) is 7.03. The average molecular weight is 285 g/mol. The number of carbonyl (C=O) groups excluding carboxylic acids is 1. The van der Waals surface area contributed by atoms with E-state index in [0.717, 1.165) is 18.4 Å². The molecule has 21 heavy (non-hydrogen) atoms. The second-order valence-corrected chi connectivity index (χ2v) is 5.64. The van der Waals surface area contributed by atoms with E-state index in [9.17, 15) is 9.90 Å². The zero-order chi connectivity index (χ0) is 14.8. The number of phenols is 1. The first kappa shape index (κ1) is 13.7. The van der Waals surface area contributed by atoms with Gasteiger partial charge in [0.25, 0.3) is 0 Å². The SMILES string of the molecule is CN(Cc1cccc(O)c1)C(=O)C1CCc2cncn2C1. The minimum Gasteiger partial charge on any atom is -0.508 e. The number of carbonyl (C=O) groups is 1. The Balaban J connectivity index is 1.65. The second-order valence-electron chi connectivity index (χ2n) is 5.64. The molecule has 0 saturated carbocycles. The molecule has 1 aliphatic heterocycles. The van der Waals surface area contributed by atoms with Crippen molar-refractivity contribution in [1.82, 2.24) is 14.5 Å². The Labute approximate surface area is 123 Å². The van der Waals surface area contributed by atoms with Gasteiger partial charge in [0.15, 0.2) is 0 Å². The molecule has 5 nitrogen and oxygen atoms in total. The maximum absolute atomic E-state index is 12.5. The van der Waals surface area contributed by atoms with Gasteiger partial charge in [0.05, 0.1) is 12.2 Å². The van der Waals surface area contributed by atoms with Gasteiger partial charge in [-0.2, -0.15) is 0 Å². The molecule has 2 aromatic rings. The highest BCUT2D eigenvalue weighted by atomic mass is 16.3. The first-order chi connectivity index (χ1) is 10.1. The van der Waals surface area contributed by atoms with E-state index in [1.807, 2.05) is 19.3 Å². The van der Waals surface area contributed by atoms with Crippen molar-refractivity contribution in [2.45, 2.75) is 25.9 Å². The maximum Gasteiger partial charge on any atom is 0.227 e. The Morgan fingerprint density at radius 3 is 3.19 bits per heavy atom. The topological polar surface area (TPSA) is 58.4 Å². The van der Waals surface area contributed by atoms with Gasteiger partial charge in [-0.1, -0.05) is 12.1 Å². The number of hydrogen-bond donors (Lipinski definition) is 1. The normalized spacial score (nSPS) is 17.3.